The first-order valence-corrected chi connectivity index (χ1v) is 6.66. The summed E-state index contributed by atoms with van der Waals surface area (Å²) >= 11 is 0. The lowest BCUT2D eigenvalue weighted by atomic mass is 9.62. The largest absolute Gasteiger partial charge is 0.337 e. The number of piperidine rings is 1. The number of nitrogens with zero attached hydrogens (tertiary/aromatic N) is 2. The van der Waals surface area contributed by atoms with Crippen LogP contribution >= 0.6 is 0 Å². The highest BCUT2D eigenvalue weighted by atomic mass is 16.2. The number of likely N-dealkylation sites (tertiary alicyclic amines) is 2. The fourth-order valence-corrected chi connectivity index (χ4v) is 3.57. The molecule has 2 fully saturated rings. The van der Waals surface area contributed by atoms with Gasteiger partial charge in [-0.15, -0.1) is 0 Å². The van der Waals surface area contributed by atoms with Gasteiger partial charge in [0.15, 0.2) is 0 Å². The third-order valence-corrected chi connectivity index (χ3v) is 4.65. The summed E-state index contributed by atoms with van der Waals surface area (Å²) in [6, 6.07) is 10.7. The molecule has 0 N–H and O–H groups in total. The fourth-order valence-electron chi connectivity index (χ4n) is 3.57. The molecule has 1 amide bonds. The number of amides is 1. The van der Waals surface area contributed by atoms with Gasteiger partial charge in [0.2, 0.25) is 5.91 Å². The molecule has 18 heavy (non-hydrogen) atoms. The molecule has 0 bridgehead atoms. The Morgan fingerprint density at radius 2 is 1.72 bits per heavy atom. The van der Waals surface area contributed by atoms with E-state index in [2.05, 4.69) is 36.2 Å². The van der Waals surface area contributed by atoms with Crippen molar-refractivity contribution in [2.75, 3.05) is 27.2 Å². The van der Waals surface area contributed by atoms with E-state index in [1.54, 1.807) is 0 Å². The second-order valence-electron chi connectivity index (χ2n) is 5.69. The summed E-state index contributed by atoms with van der Waals surface area (Å²) in [6.07, 6.45) is 1.98. The van der Waals surface area contributed by atoms with Gasteiger partial charge in [0.1, 0.15) is 0 Å². The first-order chi connectivity index (χ1) is 8.65. The maximum Gasteiger partial charge on any atom is 0.231 e. The van der Waals surface area contributed by atoms with Gasteiger partial charge in [-0.05, 0) is 38.5 Å². The van der Waals surface area contributed by atoms with Gasteiger partial charge in [-0.25, -0.2) is 0 Å². The monoisotopic (exact) mass is 244 g/mol. The van der Waals surface area contributed by atoms with Crippen LogP contribution in [0.15, 0.2) is 30.3 Å². The van der Waals surface area contributed by atoms with Crippen LogP contribution in [0.3, 0.4) is 0 Å². The van der Waals surface area contributed by atoms with Crippen LogP contribution in [0.2, 0.25) is 0 Å². The lowest BCUT2D eigenvalue weighted by Gasteiger charge is -2.57. The minimum absolute atomic E-state index is 0.122. The van der Waals surface area contributed by atoms with Gasteiger partial charge >= 0.3 is 0 Å². The minimum Gasteiger partial charge on any atom is -0.337 e. The van der Waals surface area contributed by atoms with E-state index in [1.807, 2.05) is 18.0 Å². The zero-order valence-electron chi connectivity index (χ0n) is 11.1. The van der Waals surface area contributed by atoms with E-state index in [9.17, 15) is 4.79 Å². The molecule has 0 radical (unpaired) electrons. The zero-order chi connectivity index (χ0) is 12.8. The van der Waals surface area contributed by atoms with Crippen molar-refractivity contribution >= 4 is 5.91 Å². The molecule has 1 aromatic carbocycles. The lowest BCUT2D eigenvalue weighted by molar-refractivity contribution is -0.176. The lowest BCUT2D eigenvalue weighted by Crippen LogP contribution is -2.64. The molecule has 0 aliphatic carbocycles. The highest BCUT2D eigenvalue weighted by Gasteiger charge is 2.59. The molecular formula is C15H20N2O. The van der Waals surface area contributed by atoms with Gasteiger partial charge in [0.25, 0.3) is 0 Å². The molecule has 96 valence electrons. The minimum atomic E-state index is -0.122. The van der Waals surface area contributed by atoms with E-state index >= 15 is 0 Å². The standard InChI is InChI=1S/C15H20N2O/c1-16-10-8-15(9-11-16)13(17(2)14(15)18)12-6-4-3-5-7-12/h3-7,13H,8-11H2,1-2H3/t13-/m1/s1. The van der Waals surface area contributed by atoms with Crippen molar-refractivity contribution in [3.8, 4) is 0 Å². The van der Waals surface area contributed by atoms with Crippen LogP contribution in [0, 0.1) is 5.41 Å². The number of hydrogen-bond donors (Lipinski definition) is 0. The molecular weight excluding hydrogens is 224 g/mol. The van der Waals surface area contributed by atoms with Crippen molar-refractivity contribution in [1.29, 1.82) is 0 Å². The molecule has 3 nitrogen and oxygen atoms in total. The summed E-state index contributed by atoms with van der Waals surface area (Å²) in [5, 5.41) is 0. The van der Waals surface area contributed by atoms with Crippen molar-refractivity contribution in [2.24, 2.45) is 5.41 Å². The van der Waals surface area contributed by atoms with Crippen molar-refractivity contribution in [1.82, 2.24) is 9.80 Å². The first-order valence-electron chi connectivity index (χ1n) is 6.66. The third kappa shape index (κ3) is 1.50. The molecule has 1 aromatic rings. The number of β-lactam (4-membered cyclic amide) rings is 1. The number of benzene rings is 1. The maximum absolute atomic E-state index is 12.3. The van der Waals surface area contributed by atoms with E-state index in [0.29, 0.717) is 5.91 Å². The second kappa shape index (κ2) is 4.09. The predicted octanol–water partition coefficient (Wildman–Crippen LogP) is 1.91. The summed E-state index contributed by atoms with van der Waals surface area (Å²) in [5.41, 5.74) is 1.16. The molecule has 2 aliphatic rings. The molecule has 2 saturated heterocycles. The summed E-state index contributed by atoms with van der Waals surface area (Å²) < 4.78 is 0. The fraction of sp³-hybridized carbons (Fsp3) is 0.533. The molecule has 0 saturated carbocycles. The quantitative estimate of drug-likeness (QED) is 0.705. The maximum atomic E-state index is 12.3. The molecule has 3 rings (SSSR count). The van der Waals surface area contributed by atoms with Gasteiger partial charge in [-0.3, -0.25) is 4.79 Å². The number of carbonyl (C=O) groups excluding carboxylic acids is 1. The molecule has 2 heterocycles. The topological polar surface area (TPSA) is 23.6 Å². The van der Waals surface area contributed by atoms with Crippen LogP contribution in [-0.4, -0.2) is 42.9 Å². The second-order valence-corrected chi connectivity index (χ2v) is 5.69. The predicted molar refractivity (Wildman–Crippen MR) is 71.1 cm³/mol. The van der Waals surface area contributed by atoms with E-state index < -0.39 is 0 Å². The molecule has 3 heteroatoms. The Morgan fingerprint density at radius 1 is 1.11 bits per heavy atom. The Labute approximate surface area is 108 Å². The van der Waals surface area contributed by atoms with Crippen LogP contribution in [0.1, 0.15) is 24.4 Å². The van der Waals surface area contributed by atoms with Crippen LogP contribution in [-0.2, 0) is 4.79 Å². The molecule has 2 aliphatic heterocycles. The van der Waals surface area contributed by atoms with Crippen LogP contribution < -0.4 is 0 Å². The van der Waals surface area contributed by atoms with Crippen molar-refractivity contribution < 1.29 is 4.79 Å². The molecule has 0 unspecified atom stereocenters. The average molecular weight is 244 g/mol. The Hall–Kier alpha value is -1.35. The first kappa shape index (κ1) is 11.7. The van der Waals surface area contributed by atoms with E-state index in [0.717, 1.165) is 25.9 Å². The van der Waals surface area contributed by atoms with Crippen molar-refractivity contribution in [3.05, 3.63) is 35.9 Å². The molecule has 0 aromatic heterocycles. The third-order valence-electron chi connectivity index (χ3n) is 4.65. The molecule has 1 atom stereocenters. The van der Waals surface area contributed by atoms with Crippen LogP contribution in [0.5, 0.6) is 0 Å². The molecule has 1 spiro atoms. The SMILES string of the molecule is CN1CCC2(CC1)C(=O)N(C)[C@@H]2c1ccccc1. The Kier molecular flexibility index (Phi) is 2.67. The van der Waals surface area contributed by atoms with E-state index in [1.165, 1.54) is 5.56 Å². The Balaban J connectivity index is 1.91. The van der Waals surface area contributed by atoms with E-state index in [-0.39, 0.29) is 11.5 Å². The van der Waals surface area contributed by atoms with Gasteiger partial charge in [-0.1, -0.05) is 30.3 Å². The normalized spacial score (nSPS) is 27.3. The highest BCUT2D eigenvalue weighted by Crippen LogP contribution is 2.54. The summed E-state index contributed by atoms with van der Waals surface area (Å²) in [7, 11) is 4.07. The van der Waals surface area contributed by atoms with Gasteiger partial charge in [-0.2, -0.15) is 0 Å². The zero-order valence-corrected chi connectivity index (χ0v) is 11.1. The van der Waals surface area contributed by atoms with Crippen molar-refractivity contribution in [2.45, 2.75) is 18.9 Å². The van der Waals surface area contributed by atoms with E-state index in [4.69, 9.17) is 0 Å². The summed E-state index contributed by atoms with van der Waals surface area (Å²) in [6.45, 7) is 2.06. The number of rotatable bonds is 1. The van der Waals surface area contributed by atoms with Gasteiger partial charge in [0.05, 0.1) is 11.5 Å². The number of carbonyl (C=O) groups is 1. The Morgan fingerprint density at radius 3 is 2.33 bits per heavy atom. The summed E-state index contributed by atoms with van der Waals surface area (Å²) in [4.78, 5) is 16.6. The van der Waals surface area contributed by atoms with Crippen molar-refractivity contribution in [3.63, 3.8) is 0 Å². The van der Waals surface area contributed by atoms with Gasteiger partial charge < -0.3 is 9.80 Å². The smallest absolute Gasteiger partial charge is 0.231 e. The average Bonchev–Trinajstić information content (AvgIpc) is 2.42. The highest BCUT2D eigenvalue weighted by molar-refractivity contribution is 5.90. The summed E-state index contributed by atoms with van der Waals surface area (Å²) in [5.74, 6) is 0.337. The van der Waals surface area contributed by atoms with Crippen LogP contribution in [0.25, 0.3) is 0 Å². The van der Waals surface area contributed by atoms with Gasteiger partial charge in [0, 0.05) is 7.05 Å². The van der Waals surface area contributed by atoms with Crippen LogP contribution in [0.4, 0.5) is 0 Å². The number of hydrogen-bond acceptors (Lipinski definition) is 2. The Bertz CT molecular complexity index is 449.